The Hall–Kier alpha value is -2.09. The Labute approximate surface area is 147 Å². The highest BCUT2D eigenvalue weighted by atomic mass is 127. The first kappa shape index (κ1) is 17.3. The fraction of sp³-hybridized carbons (Fsp3) is 0.176. The molecule has 0 radical (unpaired) electrons. The van der Waals surface area contributed by atoms with Crippen molar-refractivity contribution >= 4 is 40.2 Å². The lowest BCUT2D eigenvalue weighted by Gasteiger charge is -2.12. The maximum atomic E-state index is 12.2. The number of phenolic OH excluding ortho intramolecular Hbond substituents is 1. The van der Waals surface area contributed by atoms with Gasteiger partial charge in [0.05, 0.1) is 11.5 Å². The zero-order valence-corrected chi connectivity index (χ0v) is 14.6. The molecule has 3 N–H and O–H groups in total. The van der Waals surface area contributed by atoms with Gasteiger partial charge in [-0.15, -0.1) is 0 Å². The summed E-state index contributed by atoms with van der Waals surface area (Å²) in [6.45, 7) is 1.81. The number of carbonyl (C=O) groups excluding carboxylic acids is 1. The number of anilines is 1. The van der Waals surface area contributed by atoms with E-state index in [9.17, 15) is 14.7 Å². The fourth-order valence-corrected chi connectivity index (χ4v) is 2.73. The quantitative estimate of drug-likeness (QED) is 0.636. The van der Waals surface area contributed by atoms with E-state index in [2.05, 4.69) is 27.9 Å². The number of carboxylic acid groups (broad SMARTS) is 1. The lowest BCUT2D eigenvalue weighted by Crippen LogP contribution is -2.13. The maximum absolute atomic E-state index is 12.2. The van der Waals surface area contributed by atoms with E-state index in [1.165, 1.54) is 6.07 Å². The molecule has 120 valence electrons. The van der Waals surface area contributed by atoms with Gasteiger partial charge in [-0.25, -0.2) is 0 Å². The molecule has 23 heavy (non-hydrogen) atoms. The Kier molecular flexibility index (Phi) is 5.59. The summed E-state index contributed by atoms with van der Waals surface area (Å²) in [4.78, 5) is 23.4. The molecule has 0 bridgehead atoms. The van der Waals surface area contributed by atoms with Crippen molar-refractivity contribution in [3.05, 3.63) is 57.2 Å². The number of aromatic hydroxyl groups is 1. The molecule has 0 aliphatic rings. The molecule has 1 amide bonds. The van der Waals surface area contributed by atoms with Crippen LogP contribution in [0.1, 0.15) is 35.2 Å². The number of aliphatic carboxylic acids is 1. The summed E-state index contributed by atoms with van der Waals surface area (Å²) in [7, 11) is 0. The summed E-state index contributed by atoms with van der Waals surface area (Å²) in [5.74, 6) is -1.93. The molecule has 0 aliphatic carbocycles. The SMILES string of the molecule is CCC(C(=O)O)c1ccc(NC(=O)c2cc(I)ccc2O)cc1. The molecule has 2 aromatic carbocycles. The molecule has 0 heterocycles. The Morgan fingerprint density at radius 3 is 2.39 bits per heavy atom. The van der Waals surface area contributed by atoms with Gasteiger partial charge < -0.3 is 15.5 Å². The van der Waals surface area contributed by atoms with Crippen molar-refractivity contribution in [2.45, 2.75) is 19.3 Å². The largest absolute Gasteiger partial charge is 0.507 e. The van der Waals surface area contributed by atoms with Crippen LogP contribution in [0.15, 0.2) is 42.5 Å². The van der Waals surface area contributed by atoms with Crippen LogP contribution in [0.4, 0.5) is 5.69 Å². The molecule has 0 aromatic heterocycles. The van der Waals surface area contributed by atoms with E-state index in [-0.39, 0.29) is 11.3 Å². The van der Waals surface area contributed by atoms with Crippen LogP contribution in [-0.2, 0) is 4.79 Å². The minimum Gasteiger partial charge on any atom is -0.507 e. The highest BCUT2D eigenvalue weighted by molar-refractivity contribution is 14.1. The van der Waals surface area contributed by atoms with Gasteiger partial charge in [0.15, 0.2) is 0 Å². The first-order valence-corrected chi connectivity index (χ1v) is 8.13. The molecule has 2 aromatic rings. The fourth-order valence-electron chi connectivity index (χ4n) is 2.24. The standard InChI is InChI=1S/C17H16INO4/c1-2-13(17(22)23)10-3-6-12(7-4-10)19-16(21)14-9-11(18)5-8-15(14)20/h3-9,13,20H,2H2,1H3,(H,19,21)(H,22,23). The van der Waals surface area contributed by atoms with Crippen molar-refractivity contribution < 1.29 is 19.8 Å². The monoisotopic (exact) mass is 425 g/mol. The van der Waals surface area contributed by atoms with Crippen LogP contribution in [0.25, 0.3) is 0 Å². The second kappa shape index (κ2) is 7.45. The number of phenols is 1. The zero-order valence-electron chi connectivity index (χ0n) is 12.4. The Morgan fingerprint density at radius 2 is 1.83 bits per heavy atom. The maximum Gasteiger partial charge on any atom is 0.310 e. The summed E-state index contributed by atoms with van der Waals surface area (Å²) >= 11 is 2.06. The summed E-state index contributed by atoms with van der Waals surface area (Å²) in [6.07, 6.45) is 0.497. The molecule has 0 saturated carbocycles. The molecule has 2 rings (SSSR count). The van der Waals surface area contributed by atoms with Gasteiger partial charge in [0.1, 0.15) is 5.75 Å². The number of carboxylic acids is 1. The van der Waals surface area contributed by atoms with Crippen LogP contribution in [0.3, 0.4) is 0 Å². The third-order valence-electron chi connectivity index (χ3n) is 3.48. The zero-order chi connectivity index (χ0) is 17.0. The minimum atomic E-state index is -0.868. The topological polar surface area (TPSA) is 86.6 Å². The van der Waals surface area contributed by atoms with Gasteiger partial charge in [-0.3, -0.25) is 9.59 Å². The second-order valence-electron chi connectivity index (χ2n) is 5.04. The average molecular weight is 425 g/mol. The number of carbonyl (C=O) groups is 2. The Balaban J connectivity index is 2.16. The van der Waals surface area contributed by atoms with Crippen molar-refractivity contribution in [3.63, 3.8) is 0 Å². The van der Waals surface area contributed by atoms with Gasteiger partial charge in [0.2, 0.25) is 0 Å². The van der Waals surface area contributed by atoms with Gasteiger partial charge in [0, 0.05) is 9.26 Å². The van der Waals surface area contributed by atoms with E-state index in [0.29, 0.717) is 17.7 Å². The van der Waals surface area contributed by atoms with Crippen LogP contribution >= 0.6 is 22.6 Å². The molecular weight excluding hydrogens is 409 g/mol. The summed E-state index contributed by atoms with van der Waals surface area (Å²) in [5.41, 5.74) is 1.42. The number of hydrogen-bond acceptors (Lipinski definition) is 3. The highest BCUT2D eigenvalue weighted by Crippen LogP contribution is 2.24. The third kappa shape index (κ3) is 4.22. The van der Waals surface area contributed by atoms with Crippen LogP contribution < -0.4 is 5.32 Å². The third-order valence-corrected chi connectivity index (χ3v) is 4.15. The number of nitrogens with one attached hydrogen (secondary N) is 1. The summed E-state index contributed by atoms with van der Waals surface area (Å²) in [6, 6.07) is 11.5. The Morgan fingerprint density at radius 1 is 1.17 bits per heavy atom. The van der Waals surface area contributed by atoms with Gasteiger partial charge in [0.25, 0.3) is 5.91 Å². The van der Waals surface area contributed by atoms with E-state index in [4.69, 9.17) is 5.11 Å². The molecule has 0 spiro atoms. The number of hydrogen-bond donors (Lipinski definition) is 3. The molecule has 1 unspecified atom stereocenters. The number of benzene rings is 2. The molecule has 6 heteroatoms. The van der Waals surface area contributed by atoms with E-state index in [1.807, 2.05) is 6.92 Å². The molecule has 0 fully saturated rings. The first-order chi connectivity index (χ1) is 10.9. The van der Waals surface area contributed by atoms with Crippen molar-refractivity contribution in [1.82, 2.24) is 0 Å². The van der Waals surface area contributed by atoms with Crippen molar-refractivity contribution in [2.75, 3.05) is 5.32 Å². The van der Waals surface area contributed by atoms with Crippen LogP contribution in [0.5, 0.6) is 5.75 Å². The lowest BCUT2D eigenvalue weighted by molar-refractivity contribution is -0.138. The first-order valence-electron chi connectivity index (χ1n) is 7.05. The number of halogens is 1. The van der Waals surface area contributed by atoms with Crippen LogP contribution in [-0.4, -0.2) is 22.1 Å². The molecule has 5 nitrogen and oxygen atoms in total. The minimum absolute atomic E-state index is 0.0866. The van der Waals surface area contributed by atoms with Crippen molar-refractivity contribution in [2.24, 2.45) is 0 Å². The van der Waals surface area contributed by atoms with Crippen molar-refractivity contribution in [3.8, 4) is 5.75 Å². The second-order valence-corrected chi connectivity index (χ2v) is 6.28. The van der Waals surface area contributed by atoms with Crippen molar-refractivity contribution in [1.29, 1.82) is 0 Å². The predicted octanol–water partition coefficient (Wildman–Crippen LogP) is 3.83. The lowest BCUT2D eigenvalue weighted by atomic mass is 9.96. The number of amides is 1. The van der Waals surface area contributed by atoms with E-state index >= 15 is 0 Å². The Bertz CT molecular complexity index is 728. The highest BCUT2D eigenvalue weighted by Gasteiger charge is 2.17. The molecule has 1 atom stereocenters. The van der Waals surface area contributed by atoms with E-state index in [0.717, 1.165) is 3.57 Å². The van der Waals surface area contributed by atoms with Gasteiger partial charge in [-0.2, -0.15) is 0 Å². The molecule has 0 aliphatic heterocycles. The average Bonchev–Trinajstić information content (AvgIpc) is 2.51. The van der Waals surface area contributed by atoms with Gasteiger partial charge in [-0.05, 0) is 64.9 Å². The molecule has 0 saturated heterocycles. The van der Waals surface area contributed by atoms with E-state index in [1.54, 1.807) is 36.4 Å². The van der Waals surface area contributed by atoms with Gasteiger partial charge in [-0.1, -0.05) is 19.1 Å². The smallest absolute Gasteiger partial charge is 0.310 e. The van der Waals surface area contributed by atoms with E-state index < -0.39 is 17.8 Å². The normalized spacial score (nSPS) is 11.7. The predicted molar refractivity (Wildman–Crippen MR) is 95.9 cm³/mol. The molecular formula is C17H16INO4. The summed E-state index contributed by atoms with van der Waals surface area (Å²) < 4.78 is 0.841. The van der Waals surface area contributed by atoms with Crippen LogP contribution in [0.2, 0.25) is 0 Å². The summed E-state index contributed by atoms with van der Waals surface area (Å²) in [5, 5.41) is 21.6. The van der Waals surface area contributed by atoms with Crippen LogP contribution in [0, 0.1) is 3.57 Å². The number of rotatable bonds is 5. The van der Waals surface area contributed by atoms with Gasteiger partial charge >= 0.3 is 5.97 Å².